The van der Waals surface area contributed by atoms with E-state index in [1.165, 1.54) is 0 Å². The Balaban J connectivity index is 2.44. The second-order valence-electron chi connectivity index (χ2n) is 4.92. The van der Waals surface area contributed by atoms with Gasteiger partial charge in [0.15, 0.2) is 0 Å². The van der Waals surface area contributed by atoms with Gasteiger partial charge in [0.05, 0.1) is 4.90 Å². The summed E-state index contributed by atoms with van der Waals surface area (Å²) in [5, 5.41) is 11.9. The highest BCUT2D eigenvalue weighted by molar-refractivity contribution is 7.99. The Morgan fingerprint density at radius 1 is 1.19 bits per heavy atom. The van der Waals surface area contributed by atoms with Crippen molar-refractivity contribution in [1.82, 2.24) is 4.72 Å². The minimum atomic E-state index is -3.42. The van der Waals surface area contributed by atoms with Crippen LogP contribution in [0.5, 0.6) is 0 Å². The third-order valence-corrected chi connectivity index (χ3v) is 5.32. The first-order chi connectivity index (χ1) is 9.95. The lowest BCUT2D eigenvalue weighted by Gasteiger charge is -2.11. The highest BCUT2D eigenvalue weighted by Crippen LogP contribution is 2.14. The molecule has 0 saturated heterocycles. The molecule has 0 bridgehead atoms. The topological polar surface area (TPSA) is 78.4 Å². The zero-order chi connectivity index (χ0) is 15.7. The van der Waals surface area contributed by atoms with E-state index in [2.05, 4.69) is 10.0 Å². The highest BCUT2D eigenvalue weighted by Gasteiger charge is 2.14. The van der Waals surface area contributed by atoms with Crippen molar-refractivity contribution in [3.8, 4) is 0 Å². The summed E-state index contributed by atoms with van der Waals surface area (Å²) in [6.07, 6.45) is 0.820. The number of sulfonamides is 1. The van der Waals surface area contributed by atoms with Crippen LogP contribution in [0.4, 0.5) is 5.69 Å². The van der Waals surface area contributed by atoms with Gasteiger partial charge in [-0.1, -0.05) is 0 Å². The lowest BCUT2D eigenvalue weighted by molar-refractivity contribution is 0.296. The molecule has 3 N–H and O–H groups in total. The molecule has 21 heavy (non-hydrogen) atoms. The van der Waals surface area contributed by atoms with E-state index in [0.717, 1.165) is 30.2 Å². The second kappa shape index (κ2) is 9.30. The number of hydrogen-bond acceptors (Lipinski definition) is 5. The minimum absolute atomic E-state index is 0.122. The zero-order valence-corrected chi connectivity index (χ0v) is 14.1. The monoisotopic (exact) mass is 332 g/mol. The number of aliphatic hydroxyl groups excluding tert-OH is 1. The van der Waals surface area contributed by atoms with E-state index in [1.807, 2.05) is 0 Å². The molecule has 0 unspecified atom stereocenters. The Labute approximate surface area is 131 Å². The predicted molar refractivity (Wildman–Crippen MR) is 89.4 cm³/mol. The van der Waals surface area contributed by atoms with Crippen molar-refractivity contribution in [2.24, 2.45) is 0 Å². The molecule has 7 heteroatoms. The first-order valence-corrected chi connectivity index (χ1v) is 9.64. The van der Waals surface area contributed by atoms with Gasteiger partial charge in [0.2, 0.25) is 10.0 Å². The molecule has 1 aromatic rings. The van der Waals surface area contributed by atoms with Crippen LogP contribution in [0.25, 0.3) is 0 Å². The molecule has 0 heterocycles. The third kappa shape index (κ3) is 7.17. The van der Waals surface area contributed by atoms with E-state index < -0.39 is 10.0 Å². The SMILES string of the molecule is CC(C)NS(=O)(=O)c1ccc(NCCSCCCO)cc1. The van der Waals surface area contributed by atoms with E-state index in [1.54, 1.807) is 49.9 Å². The van der Waals surface area contributed by atoms with Crippen LogP contribution in [0.2, 0.25) is 0 Å². The van der Waals surface area contributed by atoms with E-state index in [9.17, 15) is 8.42 Å². The Hall–Kier alpha value is -0.760. The number of rotatable bonds is 10. The van der Waals surface area contributed by atoms with Gasteiger partial charge < -0.3 is 10.4 Å². The van der Waals surface area contributed by atoms with Crippen LogP contribution < -0.4 is 10.0 Å². The standard InChI is InChI=1S/C14H24N2O3S2/c1-12(2)16-21(18,19)14-6-4-13(5-7-14)15-8-11-20-10-3-9-17/h4-7,12,15-17H,3,8-11H2,1-2H3. The largest absolute Gasteiger partial charge is 0.396 e. The van der Waals surface area contributed by atoms with Gasteiger partial charge in [-0.15, -0.1) is 0 Å². The van der Waals surface area contributed by atoms with Gasteiger partial charge in [-0.05, 0) is 50.3 Å². The van der Waals surface area contributed by atoms with Crippen molar-refractivity contribution in [1.29, 1.82) is 0 Å². The number of thioether (sulfide) groups is 1. The highest BCUT2D eigenvalue weighted by atomic mass is 32.2. The maximum Gasteiger partial charge on any atom is 0.240 e. The van der Waals surface area contributed by atoms with Crippen molar-refractivity contribution < 1.29 is 13.5 Å². The van der Waals surface area contributed by atoms with Crippen LogP contribution in [0.15, 0.2) is 29.2 Å². The summed E-state index contributed by atoms with van der Waals surface area (Å²) < 4.78 is 26.5. The molecule has 0 radical (unpaired) electrons. The fraction of sp³-hybridized carbons (Fsp3) is 0.571. The number of benzene rings is 1. The van der Waals surface area contributed by atoms with Gasteiger partial charge >= 0.3 is 0 Å². The van der Waals surface area contributed by atoms with Gasteiger partial charge in [0, 0.05) is 30.6 Å². The van der Waals surface area contributed by atoms with Crippen LogP contribution >= 0.6 is 11.8 Å². The van der Waals surface area contributed by atoms with Gasteiger partial charge in [-0.3, -0.25) is 0 Å². The Bertz CT molecular complexity index is 501. The van der Waals surface area contributed by atoms with Crippen LogP contribution in [0.3, 0.4) is 0 Å². The van der Waals surface area contributed by atoms with Crippen molar-refractivity contribution in [2.75, 3.05) is 30.0 Å². The molecule has 1 aromatic carbocycles. The van der Waals surface area contributed by atoms with Crippen LogP contribution in [-0.4, -0.2) is 44.2 Å². The number of nitrogens with one attached hydrogen (secondary N) is 2. The molecule has 0 aliphatic heterocycles. The molecule has 120 valence electrons. The summed E-state index contributed by atoms with van der Waals surface area (Å²) in [6, 6.07) is 6.63. The molecule has 0 aliphatic rings. The lowest BCUT2D eigenvalue weighted by Crippen LogP contribution is -2.30. The van der Waals surface area contributed by atoms with Gasteiger partial charge in [0.25, 0.3) is 0 Å². The normalized spacial score (nSPS) is 11.8. The second-order valence-corrected chi connectivity index (χ2v) is 7.86. The summed E-state index contributed by atoms with van der Waals surface area (Å²) in [4.78, 5) is 0.277. The maximum atomic E-state index is 12.0. The van der Waals surface area contributed by atoms with Crippen LogP contribution in [-0.2, 0) is 10.0 Å². The molecular weight excluding hydrogens is 308 g/mol. The molecule has 0 amide bonds. The van der Waals surface area contributed by atoms with Gasteiger partial charge in [-0.2, -0.15) is 11.8 Å². The van der Waals surface area contributed by atoms with Crippen molar-refractivity contribution >= 4 is 27.5 Å². The quantitative estimate of drug-likeness (QED) is 0.570. The molecule has 5 nitrogen and oxygen atoms in total. The minimum Gasteiger partial charge on any atom is -0.396 e. The summed E-state index contributed by atoms with van der Waals surface area (Å²) in [5.41, 5.74) is 0.904. The fourth-order valence-corrected chi connectivity index (χ4v) is 3.70. The van der Waals surface area contributed by atoms with E-state index >= 15 is 0 Å². The zero-order valence-electron chi connectivity index (χ0n) is 12.5. The number of anilines is 1. The van der Waals surface area contributed by atoms with Crippen molar-refractivity contribution in [3.05, 3.63) is 24.3 Å². The predicted octanol–water partition coefficient (Wildman–Crippen LogP) is 1.90. The van der Waals surface area contributed by atoms with Gasteiger partial charge in [0.1, 0.15) is 0 Å². The summed E-state index contributed by atoms with van der Waals surface area (Å²) in [6.45, 7) is 4.64. The molecule has 1 rings (SSSR count). The average molecular weight is 332 g/mol. The molecule has 0 atom stereocenters. The summed E-state index contributed by atoms with van der Waals surface area (Å²) in [7, 11) is -3.42. The molecule has 0 aliphatic carbocycles. The average Bonchev–Trinajstić information content (AvgIpc) is 2.42. The first-order valence-electron chi connectivity index (χ1n) is 7.00. The fourth-order valence-electron chi connectivity index (χ4n) is 1.67. The first kappa shape index (κ1) is 18.3. The Kier molecular flexibility index (Phi) is 8.10. The van der Waals surface area contributed by atoms with Crippen LogP contribution in [0, 0.1) is 0 Å². The van der Waals surface area contributed by atoms with Crippen molar-refractivity contribution in [3.63, 3.8) is 0 Å². The van der Waals surface area contributed by atoms with Crippen molar-refractivity contribution in [2.45, 2.75) is 31.2 Å². The maximum absolute atomic E-state index is 12.0. The summed E-state index contributed by atoms with van der Waals surface area (Å²) >= 11 is 1.78. The molecule has 0 saturated carbocycles. The van der Waals surface area contributed by atoms with E-state index in [0.29, 0.717) is 0 Å². The van der Waals surface area contributed by atoms with E-state index in [-0.39, 0.29) is 17.5 Å². The smallest absolute Gasteiger partial charge is 0.240 e. The summed E-state index contributed by atoms with van der Waals surface area (Å²) in [5.74, 6) is 1.91. The Morgan fingerprint density at radius 3 is 2.43 bits per heavy atom. The van der Waals surface area contributed by atoms with Crippen LogP contribution in [0.1, 0.15) is 20.3 Å². The molecular formula is C14H24N2O3S2. The van der Waals surface area contributed by atoms with E-state index in [4.69, 9.17) is 5.11 Å². The Morgan fingerprint density at radius 2 is 1.86 bits per heavy atom. The van der Waals surface area contributed by atoms with Gasteiger partial charge in [-0.25, -0.2) is 13.1 Å². The molecule has 0 aromatic heterocycles. The number of aliphatic hydroxyl groups is 1. The molecule has 0 fully saturated rings. The lowest BCUT2D eigenvalue weighted by atomic mass is 10.3. The number of hydrogen-bond donors (Lipinski definition) is 3. The third-order valence-electron chi connectivity index (χ3n) is 2.58. The molecule has 0 spiro atoms.